The maximum Gasteiger partial charge on any atom is 0.144 e. The van der Waals surface area contributed by atoms with Crippen molar-refractivity contribution in [1.29, 1.82) is 10.5 Å². The molecule has 0 spiro atoms. The highest BCUT2D eigenvalue weighted by Gasteiger charge is 2.22. The van der Waals surface area contributed by atoms with Crippen LogP contribution in [0.5, 0.6) is 0 Å². The van der Waals surface area contributed by atoms with Gasteiger partial charge in [-0.2, -0.15) is 10.5 Å². The number of rotatable bonds is 2. The van der Waals surface area contributed by atoms with E-state index >= 15 is 0 Å². The first-order valence-corrected chi connectivity index (χ1v) is 5.83. The van der Waals surface area contributed by atoms with E-state index in [1.54, 1.807) is 6.20 Å². The number of piperidine rings is 1. The summed E-state index contributed by atoms with van der Waals surface area (Å²) in [6.07, 6.45) is 4.80. The van der Waals surface area contributed by atoms with E-state index in [1.807, 2.05) is 12.1 Å². The van der Waals surface area contributed by atoms with Gasteiger partial charge in [0.1, 0.15) is 11.8 Å². The van der Waals surface area contributed by atoms with E-state index in [0.29, 0.717) is 12.2 Å². The molecule has 0 aliphatic carbocycles. The maximum atomic E-state index is 9.09. The molecule has 0 saturated carbocycles. The van der Waals surface area contributed by atoms with Crippen molar-refractivity contribution in [1.82, 2.24) is 9.88 Å². The largest absolute Gasteiger partial charge is 0.284 e. The summed E-state index contributed by atoms with van der Waals surface area (Å²) in [5, 5.41) is 18.1. The molecule has 2 heterocycles. The predicted molar refractivity (Wildman–Crippen MR) is 62.6 cm³/mol. The smallest absolute Gasteiger partial charge is 0.144 e. The van der Waals surface area contributed by atoms with Crippen LogP contribution in [0.25, 0.3) is 0 Å². The zero-order valence-corrected chi connectivity index (χ0v) is 9.63. The van der Waals surface area contributed by atoms with Crippen LogP contribution in [0.4, 0.5) is 0 Å². The Kier molecular flexibility index (Phi) is 3.69. The molecular weight excluding hydrogens is 212 g/mol. The van der Waals surface area contributed by atoms with Gasteiger partial charge in [-0.1, -0.05) is 6.07 Å². The molecular formula is C13H14N4. The van der Waals surface area contributed by atoms with Gasteiger partial charge in [-0.25, -0.2) is 4.98 Å². The number of nitriles is 2. The second-order valence-electron chi connectivity index (χ2n) is 4.23. The lowest BCUT2D eigenvalue weighted by Gasteiger charge is -2.31. The number of hydrogen-bond donors (Lipinski definition) is 0. The summed E-state index contributed by atoms with van der Waals surface area (Å²) < 4.78 is 0. The van der Waals surface area contributed by atoms with Gasteiger partial charge in [-0.05, 0) is 31.9 Å². The summed E-state index contributed by atoms with van der Waals surface area (Å²) in [6, 6.07) is 8.16. The lowest BCUT2D eigenvalue weighted by molar-refractivity contribution is 0.176. The van der Waals surface area contributed by atoms with E-state index in [-0.39, 0.29) is 6.04 Å². The van der Waals surface area contributed by atoms with E-state index < -0.39 is 0 Å². The number of nitrogens with zero attached hydrogens (tertiary/aromatic N) is 4. The molecule has 86 valence electrons. The minimum Gasteiger partial charge on any atom is -0.284 e. The standard InChI is InChI=1S/C13H14N4/c14-8-12-5-1-2-7-17(12)10-11-4-3-6-16-13(11)9-15/h3-4,6,12H,1-2,5,7,10H2. The number of hydrogen-bond acceptors (Lipinski definition) is 4. The van der Waals surface area contributed by atoms with E-state index in [1.165, 1.54) is 0 Å². The Hall–Kier alpha value is -1.91. The molecule has 1 saturated heterocycles. The van der Waals surface area contributed by atoms with Crippen LogP contribution in [0.1, 0.15) is 30.5 Å². The van der Waals surface area contributed by atoms with Gasteiger partial charge in [0.25, 0.3) is 0 Å². The van der Waals surface area contributed by atoms with Gasteiger partial charge in [0.2, 0.25) is 0 Å². The first-order valence-electron chi connectivity index (χ1n) is 5.83. The molecule has 1 aliphatic rings. The second-order valence-corrected chi connectivity index (χ2v) is 4.23. The van der Waals surface area contributed by atoms with Crippen molar-refractivity contribution in [3.8, 4) is 12.1 Å². The highest BCUT2D eigenvalue weighted by atomic mass is 15.2. The first-order chi connectivity index (χ1) is 8.35. The molecule has 1 aromatic rings. The number of aromatic nitrogens is 1. The second kappa shape index (κ2) is 5.43. The van der Waals surface area contributed by atoms with Crippen LogP contribution >= 0.6 is 0 Å². The highest BCUT2D eigenvalue weighted by molar-refractivity contribution is 5.30. The lowest BCUT2D eigenvalue weighted by atomic mass is 10.0. The minimum atomic E-state index is -0.0181. The van der Waals surface area contributed by atoms with E-state index in [0.717, 1.165) is 31.4 Å². The van der Waals surface area contributed by atoms with Crippen LogP contribution in [-0.2, 0) is 6.54 Å². The summed E-state index contributed by atoms with van der Waals surface area (Å²) in [7, 11) is 0. The summed E-state index contributed by atoms with van der Waals surface area (Å²) in [6.45, 7) is 1.58. The van der Waals surface area contributed by atoms with Crippen LogP contribution in [-0.4, -0.2) is 22.5 Å². The molecule has 17 heavy (non-hydrogen) atoms. The van der Waals surface area contributed by atoms with Gasteiger partial charge in [-0.3, -0.25) is 4.90 Å². The third-order valence-corrected chi connectivity index (χ3v) is 3.13. The minimum absolute atomic E-state index is 0.0181. The fourth-order valence-electron chi connectivity index (χ4n) is 2.21. The molecule has 1 atom stereocenters. The molecule has 1 unspecified atom stereocenters. The molecule has 0 radical (unpaired) electrons. The molecule has 0 N–H and O–H groups in total. The topological polar surface area (TPSA) is 63.7 Å². The van der Waals surface area contributed by atoms with E-state index in [2.05, 4.69) is 22.0 Å². The van der Waals surface area contributed by atoms with Gasteiger partial charge in [0.05, 0.1) is 12.1 Å². The Bertz CT molecular complexity index is 469. The highest BCUT2D eigenvalue weighted by Crippen LogP contribution is 2.19. The lowest BCUT2D eigenvalue weighted by Crippen LogP contribution is -2.38. The van der Waals surface area contributed by atoms with Crippen LogP contribution < -0.4 is 0 Å². The Labute approximate surface area is 101 Å². The molecule has 1 fully saturated rings. The molecule has 0 amide bonds. The average Bonchev–Trinajstić information content (AvgIpc) is 2.40. The monoisotopic (exact) mass is 226 g/mol. The quantitative estimate of drug-likeness (QED) is 0.771. The fraction of sp³-hybridized carbons (Fsp3) is 0.462. The Morgan fingerprint density at radius 3 is 3.06 bits per heavy atom. The van der Waals surface area contributed by atoms with Crippen molar-refractivity contribution in [2.24, 2.45) is 0 Å². The fourth-order valence-corrected chi connectivity index (χ4v) is 2.21. The third-order valence-electron chi connectivity index (χ3n) is 3.13. The summed E-state index contributed by atoms with van der Waals surface area (Å²) >= 11 is 0. The SMILES string of the molecule is N#Cc1ncccc1CN1CCCCC1C#N. The molecule has 4 nitrogen and oxygen atoms in total. The molecule has 1 aliphatic heterocycles. The van der Waals surface area contributed by atoms with Crippen LogP contribution in [0.2, 0.25) is 0 Å². The Balaban J connectivity index is 2.15. The zero-order valence-electron chi connectivity index (χ0n) is 9.63. The Morgan fingerprint density at radius 2 is 2.29 bits per heavy atom. The van der Waals surface area contributed by atoms with Crippen molar-refractivity contribution in [2.45, 2.75) is 31.8 Å². The van der Waals surface area contributed by atoms with Crippen molar-refractivity contribution in [2.75, 3.05) is 6.54 Å². The summed E-state index contributed by atoms with van der Waals surface area (Å²) in [5.74, 6) is 0. The molecule has 0 aromatic carbocycles. The Morgan fingerprint density at radius 1 is 1.41 bits per heavy atom. The normalized spacial score (nSPS) is 20.5. The van der Waals surface area contributed by atoms with Crippen molar-refractivity contribution < 1.29 is 0 Å². The van der Waals surface area contributed by atoms with Gasteiger partial charge in [0, 0.05) is 18.3 Å². The van der Waals surface area contributed by atoms with E-state index in [9.17, 15) is 0 Å². The predicted octanol–water partition coefficient (Wildman–Crippen LogP) is 1.83. The van der Waals surface area contributed by atoms with Crippen LogP contribution in [0.3, 0.4) is 0 Å². The third kappa shape index (κ3) is 2.61. The zero-order chi connectivity index (χ0) is 12.1. The number of pyridine rings is 1. The average molecular weight is 226 g/mol. The van der Waals surface area contributed by atoms with Gasteiger partial charge >= 0.3 is 0 Å². The number of likely N-dealkylation sites (tertiary alicyclic amines) is 1. The van der Waals surface area contributed by atoms with E-state index in [4.69, 9.17) is 10.5 Å². The first kappa shape index (κ1) is 11.6. The van der Waals surface area contributed by atoms with Crippen molar-refractivity contribution in [3.63, 3.8) is 0 Å². The van der Waals surface area contributed by atoms with Gasteiger partial charge < -0.3 is 0 Å². The molecule has 0 bridgehead atoms. The van der Waals surface area contributed by atoms with Crippen LogP contribution in [0, 0.1) is 22.7 Å². The van der Waals surface area contributed by atoms with Crippen molar-refractivity contribution in [3.05, 3.63) is 29.6 Å². The molecule has 1 aromatic heterocycles. The van der Waals surface area contributed by atoms with Gasteiger partial charge in [-0.15, -0.1) is 0 Å². The van der Waals surface area contributed by atoms with Crippen molar-refractivity contribution >= 4 is 0 Å². The van der Waals surface area contributed by atoms with Gasteiger partial charge in [0.15, 0.2) is 0 Å². The maximum absolute atomic E-state index is 9.09. The summed E-state index contributed by atoms with van der Waals surface area (Å²) in [4.78, 5) is 6.18. The summed E-state index contributed by atoms with van der Waals surface area (Å²) in [5.41, 5.74) is 1.38. The van der Waals surface area contributed by atoms with Crippen LogP contribution in [0.15, 0.2) is 18.3 Å². The molecule has 2 rings (SSSR count). The molecule has 4 heteroatoms.